The third kappa shape index (κ3) is 3.00. The maximum atomic E-state index is 11.9. The maximum absolute atomic E-state index is 11.9. The Morgan fingerprint density at radius 3 is 2.47 bits per heavy atom. The van der Waals surface area contributed by atoms with E-state index in [1.807, 2.05) is 13.8 Å². The van der Waals surface area contributed by atoms with Gasteiger partial charge in [0.25, 0.3) is 5.91 Å². The Bertz CT molecular complexity index is 429. The van der Waals surface area contributed by atoms with Gasteiger partial charge in [-0.15, -0.1) is 0 Å². The summed E-state index contributed by atoms with van der Waals surface area (Å²) in [5.74, 6) is -0.359. The van der Waals surface area contributed by atoms with Gasteiger partial charge in [0.15, 0.2) is 0 Å². The lowest BCUT2D eigenvalue weighted by molar-refractivity contribution is 0.0910. The first kappa shape index (κ1) is 13.1. The molecule has 0 saturated carbocycles. The summed E-state index contributed by atoms with van der Waals surface area (Å²) in [7, 11) is 0. The number of nitriles is 1. The van der Waals surface area contributed by atoms with E-state index in [0.717, 1.165) is 5.69 Å². The summed E-state index contributed by atoms with van der Waals surface area (Å²) in [6.45, 7) is 5.54. The second-order valence-corrected chi connectivity index (χ2v) is 3.90. The first-order valence-corrected chi connectivity index (χ1v) is 5.59. The molecule has 0 aliphatic carbocycles. The minimum atomic E-state index is -0.816. The van der Waals surface area contributed by atoms with Crippen LogP contribution in [0.3, 0.4) is 0 Å². The highest BCUT2D eigenvalue weighted by molar-refractivity contribution is 5.92. The number of hydrogen-bond acceptors (Lipinski definition) is 4. The Morgan fingerprint density at radius 1 is 1.41 bits per heavy atom. The number of nitrogens with one attached hydrogen (secondary N) is 1. The van der Waals surface area contributed by atoms with Crippen LogP contribution in [0.1, 0.15) is 42.9 Å². The standard InChI is InChI=1S/C12H16N4O/c1-4-12(5-2,8-13)16-11(17)10-7-14-9(3)6-15-10/h6-7H,4-5H2,1-3H3,(H,16,17). The Labute approximate surface area is 101 Å². The van der Waals surface area contributed by atoms with E-state index in [0.29, 0.717) is 12.8 Å². The molecule has 0 spiro atoms. The minimum Gasteiger partial charge on any atom is -0.332 e. The van der Waals surface area contributed by atoms with Gasteiger partial charge in [-0.25, -0.2) is 4.98 Å². The Balaban J connectivity index is 2.85. The largest absolute Gasteiger partial charge is 0.332 e. The van der Waals surface area contributed by atoms with Crippen LogP contribution in [0.25, 0.3) is 0 Å². The van der Waals surface area contributed by atoms with Crippen LogP contribution < -0.4 is 5.32 Å². The summed E-state index contributed by atoms with van der Waals surface area (Å²) >= 11 is 0. The van der Waals surface area contributed by atoms with Crippen molar-refractivity contribution in [2.45, 2.75) is 39.2 Å². The monoisotopic (exact) mass is 232 g/mol. The second kappa shape index (κ2) is 5.39. The molecular weight excluding hydrogens is 216 g/mol. The van der Waals surface area contributed by atoms with E-state index in [-0.39, 0.29) is 11.6 Å². The van der Waals surface area contributed by atoms with Gasteiger partial charge in [-0.1, -0.05) is 13.8 Å². The van der Waals surface area contributed by atoms with Crippen molar-refractivity contribution in [3.05, 3.63) is 23.8 Å². The van der Waals surface area contributed by atoms with Gasteiger partial charge in [0, 0.05) is 6.20 Å². The smallest absolute Gasteiger partial charge is 0.272 e. The fraction of sp³-hybridized carbons (Fsp3) is 0.500. The SMILES string of the molecule is CCC(C#N)(CC)NC(=O)c1cnc(C)cn1. The Morgan fingerprint density at radius 2 is 2.06 bits per heavy atom. The molecule has 90 valence electrons. The van der Waals surface area contributed by atoms with Crippen molar-refractivity contribution < 1.29 is 4.79 Å². The van der Waals surface area contributed by atoms with Gasteiger partial charge in [0.1, 0.15) is 11.2 Å². The van der Waals surface area contributed by atoms with Crippen molar-refractivity contribution in [3.8, 4) is 6.07 Å². The van der Waals surface area contributed by atoms with Gasteiger partial charge in [0.2, 0.25) is 0 Å². The molecule has 0 aliphatic heterocycles. The molecule has 1 amide bonds. The van der Waals surface area contributed by atoms with Gasteiger partial charge >= 0.3 is 0 Å². The number of rotatable bonds is 4. The predicted molar refractivity (Wildman–Crippen MR) is 63.2 cm³/mol. The van der Waals surface area contributed by atoms with Crippen LogP contribution >= 0.6 is 0 Å². The highest BCUT2D eigenvalue weighted by atomic mass is 16.2. The van der Waals surface area contributed by atoms with Gasteiger partial charge < -0.3 is 5.32 Å². The van der Waals surface area contributed by atoms with Crippen LogP contribution in [0, 0.1) is 18.3 Å². The highest BCUT2D eigenvalue weighted by Gasteiger charge is 2.28. The van der Waals surface area contributed by atoms with Gasteiger partial charge in [-0.2, -0.15) is 5.26 Å². The number of aromatic nitrogens is 2. The van der Waals surface area contributed by atoms with Crippen LogP contribution in [0.4, 0.5) is 0 Å². The molecule has 0 atom stereocenters. The fourth-order valence-electron chi connectivity index (χ4n) is 1.40. The van der Waals surface area contributed by atoms with Crippen molar-refractivity contribution in [3.63, 3.8) is 0 Å². The molecule has 17 heavy (non-hydrogen) atoms. The molecule has 1 heterocycles. The Hall–Kier alpha value is -1.96. The first-order valence-electron chi connectivity index (χ1n) is 5.59. The number of hydrogen-bond donors (Lipinski definition) is 1. The molecule has 0 radical (unpaired) electrons. The number of aryl methyl sites for hydroxylation is 1. The van der Waals surface area contributed by atoms with Crippen molar-refractivity contribution in [2.24, 2.45) is 0 Å². The van der Waals surface area contributed by atoms with E-state index in [9.17, 15) is 4.79 Å². The zero-order valence-electron chi connectivity index (χ0n) is 10.3. The quantitative estimate of drug-likeness (QED) is 0.855. The second-order valence-electron chi connectivity index (χ2n) is 3.90. The van der Waals surface area contributed by atoms with E-state index in [1.54, 1.807) is 6.92 Å². The van der Waals surface area contributed by atoms with Crippen molar-refractivity contribution in [1.29, 1.82) is 5.26 Å². The molecule has 1 N–H and O–H groups in total. The topological polar surface area (TPSA) is 78.7 Å². The third-order valence-corrected chi connectivity index (χ3v) is 2.79. The summed E-state index contributed by atoms with van der Waals surface area (Å²) in [6.07, 6.45) is 4.06. The summed E-state index contributed by atoms with van der Waals surface area (Å²) in [5, 5.41) is 11.8. The van der Waals surface area contributed by atoms with Gasteiger partial charge in [0.05, 0.1) is 18.0 Å². The van der Waals surface area contributed by atoms with Crippen molar-refractivity contribution >= 4 is 5.91 Å². The summed E-state index contributed by atoms with van der Waals surface area (Å²) in [5.41, 5.74) is 0.167. The summed E-state index contributed by atoms with van der Waals surface area (Å²) in [4.78, 5) is 19.9. The average molecular weight is 232 g/mol. The normalized spacial score (nSPS) is 10.7. The Kier molecular flexibility index (Phi) is 4.16. The van der Waals surface area contributed by atoms with Crippen molar-refractivity contribution in [1.82, 2.24) is 15.3 Å². The average Bonchev–Trinajstić information content (AvgIpc) is 2.37. The molecule has 5 heteroatoms. The maximum Gasteiger partial charge on any atom is 0.272 e. The molecule has 5 nitrogen and oxygen atoms in total. The molecule has 1 aromatic rings. The molecular formula is C12H16N4O. The molecule has 0 aromatic carbocycles. The molecule has 1 aromatic heterocycles. The van der Waals surface area contributed by atoms with Crippen LogP contribution in [-0.2, 0) is 0 Å². The molecule has 0 unspecified atom stereocenters. The summed E-state index contributed by atoms with van der Waals surface area (Å²) in [6, 6.07) is 2.15. The zero-order valence-corrected chi connectivity index (χ0v) is 10.3. The van der Waals surface area contributed by atoms with Crippen LogP contribution in [-0.4, -0.2) is 21.4 Å². The van der Waals surface area contributed by atoms with E-state index < -0.39 is 5.54 Å². The first-order chi connectivity index (χ1) is 8.06. The molecule has 0 saturated heterocycles. The number of carbonyl (C=O) groups is 1. The number of carbonyl (C=O) groups excluding carboxylic acids is 1. The number of amides is 1. The van der Waals surface area contributed by atoms with Gasteiger partial charge in [-0.05, 0) is 19.8 Å². The molecule has 0 bridgehead atoms. The zero-order chi connectivity index (χ0) is 12.9. The van der Waals surface area contributed by atoms with Crippen LogP contribution in [0.2, 0.25) is 0 Å². The molecule has 1 rings (SSSR count). The molecule has 0 fully saturated rings. The summed E-state index contributed by atoms with van der Waals surface area (Å²) < 4.78 is 0. The highest BCUT2D eigenvalue weighted by Crippen LogP contribution is 2.14. The molecule has 0 aliphatic rings. The van der Waals surface area contributed by atoms with Crippen LogP contribution in [0.15, 0.2) is 12.4 Å². The van der Waals surface area contributed by atoms with Crippen LogP contribution in [0.5, 0.6) is 0 Å². The van der Waals surface area contributed by atoms with E-state index >= 15 is 0 Å². The van der Waals surface area contributed by atoms with E-state index in [2.05, 4.69) is 21.4 Å². The van der Waals surface area contributed by atoms with Gasteiger partial charge in [-0.3, -0.25) is 9.78 Å². The lowest BCUT2D eigenvalue weighted by atomic mass is 9.94. The number of nitrogens with zero attached hydrogens (tertiary/aromatic N) is 3. The fourth-order valence-corrected chi connectivity index (χ4v) is 1.40. The lowest BCUT2D eigenvalue weighted by Gasteiger charge is -2.24. The predicted octanol–water partition coefficient (Wildman–Crippen LogP) is 1.60. The minimum absolute atomic E-state index is 0.233. The van der Waals surface area contributed by atoms with E-state index in [4.69, 9.17) is 5.26 Å². The third-order valence-electron chi connectivity index (χ3n) is 2.79. The van der Waals surface area contributed by atoms with E-state index in [1.165, 1.54) is 12.4 Å². The lowest BCUT2D eigenvalue weighted by Crippen LogP contribution is -2.46. The van der Waals surface area contributed by atoms with Crippen molar-refractivity contribution in [2.75, 3.05) is 0 Å².